The number of nitro benzene ring substituents is 1. The fourth-order valence-electron chi connectivity index (χ4n) is 2.74. The molecule has 1 aromatic rings. The molecule has 0 saturated carbocycles. The maximum Gasteiger partial charge on any atom is 0.269 e. The van der Waals surface area contributed by atoms with E-state index in [4.69, 9.17) is 0 Å². The van der Waals surface area contributed by atoms with Crippen molar-refractivity contribution in [3.63, 3.8) is 0 Å². The first kappa shape index (κ1) is 19.4. The summed E-state index contributed by atoms with van der Waals surface area (Å²) in [7, 11) is 0. The van der Waals surface area contributed by atoms with Gasteiger partial charge in [0.15, 0.2) is 0 Å². The zero-order valence-electron chi connectivity index (χ0n) is 13.5. The average molecular weight is 342 g/mol. The number of nitrogens with zero attached hydrogens (tertiary/aromatic N) is 2. The van der Waals surface area contributed by atoms with E-state index < -0.39 is 4.92 Å². The second-order valence-corrected chi connectivity index (χ2v) is 6.04. The van der Waals surface area contributed by atoms with E-state index in [1.54, 1.807) is 12.1 Å². The van der Waals surface area contributed by atoms with Gasteiger partial charge in [0.25, 0.3) is 5.69 Å². The van der Waals surface area contributed by atoms with Crippen molar-refractivity contribution in [2.45, 2.75) is 51.7 Å². The zero-order chi connectivity index (χ0) is 16.1. The van der Waals surface area contributed by atoms with Crippen LogP contribution < -0.4 is 5.32 Å². The lowest BCUT2D eigenvalue weighted by atomic mass is 10.1. The molecule has 7 heteroatoms. The van der Waals surface area contributed by atoms with Crippen LogP contribution in [0.5, 0.6) is 0 Å². The van der Waals surface area contributed by atoms with Crippen molar-refractivity contribution in [1.29, 1.82) is 0 Å². The van der Waals surface area contributed by atoms with Crippen molar-refractivity contribution in [2.24, 2.45) is 0 Å². The zero-order valence-corrected chi connectivity index (χ0v) is 14.3. The van der Waals surface area contributed by atoms with Gasteiger partial charge in [-0.05, 0) is 38.8 Å². The van der Waals surface area contributed by atoms with Crippen LogP contribution in [-0.4, -0.2) is 34.4 Å². The number of benzene rings is 1. The first-order valence-electron chi connectivity index (χ1n) is 7.73. The molecule has 0 aromatic heterocycles. The van der Waals surface area contributed by atoms with E-state index in [9.17, 15) is 14.9 Å². The first-order chi connectivity index (χ1) is 10.5. The van der Waals surface area contributed by atoms with Gasteiger partial charge in [-0.2, -0.15) is 0 Å². The first-order valence-corrected chi connectivity index (χ1v) is 7.73. The highest BCUT2D eigenvalue weighted by atomic mass is 35.5. The van der Waals surface area contributed by atoms with Crippen molar-refractivity contribution in [2.75, 3.05) is 6.54 Å². The Hall–Kier alpha value is -1.66. The maximum absolute atomic E-state index is 12.5. The summed E-state index contributed by atoms with van der Waals surface area (Å²) in [5, 5.41) is 14.0. The molecule has 6 nitrogen and oxygen atoms in total. The number of carbonyl (C=O) groups is 1. The molecule has 1 atom stereocenters. The average Bonchev–Trinajstić information content (AvgIpc) is 2.97. The lowest BCUT2D eigenvalue weighted by Crippen LogP contribution is -2.39. The number of nitrogens with one attached hydrogen (secondary N) is 1. The van der Waals surface area contributed by atoms with Crippen LogP contribution in [-0.2, 0) is 11.3 Å². The molecule has 1 fully saturated rings. The third-order valence-corrected chi connectivity index (χ3v) is 4.03. The normalized spacial score (nSPS) is 16.9. The van der Waals surface area contributed by atoms with E-state index >= 15 is 0 Å². The summed E-state index contributed by atoms with van der Waals surface area (Å²) < 4.78 is 0. The van der Waals surface area contributed by atoms with Gasteiger partial charge in [0.1, 0.15) is 0 Å². The van der Waals surface area contributed by atoms with Crippen LogP contribution in [0.4, 0.5) is 5.69 Å². The number of amides is 1. The Balaban J connectivity index is 0.00000264. The Morgan fingerprint density at radius 1 is 1.39 bits per heavy atom. The second-order valence-electron chi connectivity index (χ2n) is 6.04. The largest absolute Gasteiger partial charge is 0.336 e. The minimum atomic E-state index is -0.416. The molecule has 1 N–H and O–H groups in total. The van der Waals surface area contributed by atoms with Gasteiger partial charge in [0.05, 0.1) is 4.92 Å². The molecule has 0 aliphatic carbocycles. The van der Waals surface area contributed by atoms with Crippen LogP contribution in [0.15, 0.2) is 24.3 Å². The van der Waals surface area contributed by atoms with Crippen LogP contribution in [0.25, 0.3) is 0 Å². The van der Waals surface area contributed by atoms with E-state index in [0.29, 0.717) is 13.0 Å². The minimum Gasteiger partial charge on any atom is -0.336 e. The van der Waals surface area contributed by atoms with Crippen molar-refractivity contribution < 1.29 is 9.72 Å². The van der Waals surface area contributed by atoms with Crippen molar-refractivity contribution >= 4 is 24.0 Å². The Morgan fingerprint density at radius 3 is 2.52 bits per heavy atom. The molecular weight excluding hydrogens is 318 g/mol. The van der Waals surface area contributed by atoms with E-state index in [2.05, 4.69) is 5.32 Å². The number of carbonyl (C=O) groups excluding carboxylic acids is 1. The van der Waals surface area contributed by atoms with E-state index in [0.717, 1.165) is 24.9 Å². The molecule has 1 amide bonds. The standard InChI is InChI=1S/C16H23N3O3.ClH/c1-12(2)18(16(20)10-14-4-3-9-17-14)11-13-5-7-15(8-6-13)19(21)22;/h5-8,12,14,17H,3-4,9-11H2,1-2H3;1H. The molecular formula is C16H24ClN3O3. The fraction of sp³-hybridized carbons (Fsp3) is 0.562. The number of rotatable bonds is 6. The summed E-state index contributed by atoms with van der Waals surface area (Å²) in [6.45, 7) is 5.46. The molecule has 1 aliphatic rings. The highest BCUT2D eigenvalue weighted by molar-refractivity contribution is 5.85. The summed E-state index contributed by atoms with van der Waals surface area (Å²) >= 11 is 0. The smallest absolute Gasteiger partial charge is 0.269 e. The Morgan fingerprint density at radius 2 is 2.04 bits per heavy atom. The third kappa shape index (κ3) is 5.48. The van der Waals surface area contributed by atoms with Crippen LogP contribution in [0.1, 0.15) is 38.7 Å². The van der Waals surface area contributed by atoms with Crippen LogP contribution in [0.2, 0.25) is 0 Å². The summed E-state index contributed by atoms with van der Waals surface area (Å²) in [6, 6.07) is 6.78. The number of hydrogen-bond acceptors (Lipinski definition) is 4. The summed E-state index contributed by atoms with van der Waals surface area (Å²) in [5.41, 5.74) is 0.980. The van der Waals surface area contributed by atoms with Gasteiger partial charge in [-0.3, -0.25) is 14.9 Å². The topological polar surface area (TPSA) is 75.5 Å². The lowest BCUT2D eigenvalue weighted by molar-refractivity contribution is -0.384. The molecule has 1 saturated heterocycles. The lowest BCUT2D eigenvalue weighted by Gasteiger charge is -2.28. The molecule has 23 heavy (non-hydrogen) atoms. The SMILES string of the molecule is CC(C)N(Cc1ccc([N+](=O)[O-])cc1)C(=O)CC1CCCN1.Cl. The molecule has 0 bridgehead atoms. The van der Waals surface area contributed by atoms with Gasteiger partial charge in [0, 0.05) is 37.2 Å². The molecule has 128 valence electrons. The second kappa shape index (κ2) is 8.84. The van der Waals surface area contributed by atoms with E-state index in [1.165, 1.54) is 12.1 Å². The summed E-state index contributed by atoms with van der Waals surface area (Å²) in [5.74, 6) is 0.132. The van der Waals surface area contributed by atoms with Gasteiger partial charge < -0.3 is 10.2 Å². The number of non-ortho nitro benzene ring substituents is 1. The third-order valence-electron chi connectivity index (χ3n) is 4.03. The molecule has 1 heterocycles. The van der Waals surface area contributed by atoms with Crippen molar-refractivity contribution in [3.8, 4) is 0 Å². The Labute approximate surface area is 142 Å². The van der Waals surface area contributed by atoms with Gasteiger partial charge >= 0.3 is 0 Å². The molecule has 0 radical (unpaired) electrons. The van der Waals surface area contributed by atoms with Crippen molar-refractivity contribution in [3.05, 3.63) is 39.9 Å². The van der Waals surface area contributed by atoms with Gasteiger partial charge in [-0.25, -0.2) is 0 Å². The minimum absolute atomic E-state index is 0. The van der Waals surface area contributed by atoms with Gasteiger partial charge in [0.2, 0.25) is 5.91 Å². The Kier molecular flexibility index (Phi) is 7.45. The van der Waals surface area contributed by atoms with Gasteiger partial charge in [-0.1, -0.05) is 12.1 Å². The number of hydrogen-bond donors (Lipinski definition) is 1. The summed E-state index contributed by atoms with van der Waals surface area (Å²) in [4.78, 5) is 24.6. The highest BCUT2D eigenvalue weighted by Gasteiger charge is 2.23. The highest BCUT2D eigenvalue weighted by Crippen LogP contribution is 2.17. The van der Waals surface area contributed by atoms with Crippen LogP contribution in [0, 0.1) is 10.1 Å². The summed E-state index contributed by atoms with van der Waals surface area (Å²) in [6.07, 6.45) is 2.70. The quantitative estimate of drug-likeness (QED) is 0.637. The van der Waals surface area contributed by atoms with Crippen LogP contribution in [0.3, 0.4) is 0 Å². The molecule has 2 rings (SSSR count). The Bertz CT molecular complexity index is 528. The monoisotopic (exact) mass is 341 g/mol. The molecule has 1 aliphatic heterocycles. The van der Waals surface area contributed by atoms with Gasteiger partial charge in [-0.15, -0.1) is 12.4 Å². The molecule has 1 unspecified atom stereocenters. The van der Waals surface area contributed by atoms with Crippen molar-refractivity contribution in [1.82, 2.24) is 10.2 Å². The number of nitro groups is 1. The van der Waals surface area contributed by atoms with E-state index in [1.807, 2.05) is 18.7 Å². The molecule has 1 aromatic carbocycles. The fourth-order valence-corrected chi connectivity index (χ4v) is 2.74. The predicted octanol–water partition coefficient (Wildman–Crippen LogP) is 2.90. The maximum atomic E-state index is 12.5. The predicted molar refractivity (Wildman–Crippen MR) is 91.7 cm³/mol. The number of halogens is 1. The van der Waals surface area contributed by atoms with E-state index in [-0.39, 0.29) is 36.1 Å². The molecule has 0 spiro atoms. The van der Waals surface area contributed by atoms with Crippen LogP contribution >= 0.6 is 12.4 Å².